The third kappa shape index (κ3) is 5.07. The Balaban J connectivity index is 0.00000141. The molecule has 0 spiro atoms. The van der Waals surface area contributed by atoms with Gasteiger partial charge in [0.1, 0.15) is 28.6 Å². The number of benzene rings is 1. The fourth-order valence-corrected chi connectivity index (χ4v) is 4.31. The van der Waals surface area contributed by atoms with Gasteiger partial charge in [-0.3, -0.25) is 9.25 Å². The predicted octanol–water partition coefficient (Wildman–Crippen LogP) is 5.57. The van der Waals surface area contributed by atoms with Gasteiger partial charge in [-0.1, -0.05) is 48.8 Å². The fraction of sp³-hybridized carbons (Fsp3) is 0.200. The average Bonchev–Trinajstić information content (AvgIpc) is 3.46. The molecule has 0 radical (unpaired) electrons. The van der Waals surface area contributed by atoms with Crippen LogP contribution in [-0.4, -0.2) is 31.6 Å². The van der Waals surface area contributed by atoms with E-state index in [1.807, 2.05) is 13.8 Å². The summed E-state index contributed by atoms with van der Waals surface area (Å²) < 4.78 is 37.4. The molecule has 32 heavy (non-hydrogen) atoms. The Hall–Kier alpha value is -2.58. The molecule has 4 rings (SSSR count). The van der Waals surface area contributed by atoms with Crippen LogP contribution in [0.15, 0.2) is 53.4 Å². The standard InChI is InChI=1S/C18H13Cl2FN5O3P.C2H6/c1-30(27,29-20)16-9-22-18(23-17(16)19)14-8-15(13-6-7-28-25-13)26(24-14)10-11-4-2-3-5-12(11)21;1-2/h2-9H,10H2,1H3;1-2H3. The Kier molecular flexibility index (Phi) is 7.79. The van der Waals surface area contributed by atoms with E-state index in [0.717, 1.165) is 0 Å². The van der Waals surface area contributed by atoms with Crippen molar-refractivity contribution in [2.24, 2.45) is 0 Å². The van der Waals surface area contributed by atoms with Crippen LogP contribution in [0.25, 0.3) is 22.9 Å². The van der Waals surface area contributed by atoms with Crippen LogP contribution in [-0.2, 0) is 15.2 Å². The largest absolute Gasteiger partial charge is 0.364 e. The highest BCUT2D eigenvalue weighted by Crippen LogP contribution is 2.44. The van der Waals surface area contributed by atoms with Gasteiger partial charge in [-0.2, -0.15) is 5.10 Å². The number of hydrogen-bond donors (Lipinski definition) is 0. The summed E-state index contributed by atoms with van der Waals surface area (Å²) in [6.07, 6.45) is 2.70. The monoisotopic (exact) mass is 497 g/mol. The van der Waals surface area contributed by atoms with Gasteiger partial charge in [0.25, 0.3) is 7.37 Å². The minimum absolute atomic E-state index is 0.0712. The maximum Gasteiger partial charge on any atom is 0.251 e. The number of hydrogen-bond acceptors (Lipinski definition) is 7. The maximum absolute atomic E-state index is 14.2. The molecule has 3 heterocycles. The minimum Gasteiger partial charge on any atom is -0.364 e. The summed E-state index contributed by atoms with van der Waals surface area (Å²) in [7, 11) is -3.35. The molecule has 0 aliphatic rings. The molecular formula is C20H19Cl2FN5O3P. The van der Waals surface area contributed by atoms with Crippen molar-refractivity contribution in [3.05, 3.63) is 65.4 Å². The summed E-state index contributed by atoms with van der Waals surface area (Å²) in [6.45, 7) is 5.45. The molecule has 12 heteroatoms. The van der Waals surface area contributed by atoms with E-state index in [1.54, 1.807) is 35.0 Å². The molecule has 0 saturated heterocycles. The maximum atomic E-state index is 14.2. The van der Waals surface area contributed by atoms with Gasteiger partial charge < -0.3 is 4.52 Å². The Morgan fingerprint density at radius 1 is 1.22 bits per heavy atom. The molecule has 0 saturated carbocycles. The van der Waals surface area contributed by atoms with E-state index in [0.29, 0.717) is 22.6 Å². The topological polar surface area (TPSA) is 95.9 Å². The first-order valence-corrected chi connectivity index (χ1v) is 12.3. The minimum atomic E-state index is -3.35. The first-order chi connectivity index (χ1) is 15.4. The summed E-state index contributed by atoms with van der Waals surface area (Å²) >= 11 is 11.5. The second-order valence-electron chi connectivity index (χ2n) is 6.33. The van der Waals surface area contributed by atoms with Crippen molar-refractivity contribution < 1.29 is 17.6 Å². The van der Waals surface area contributed by atoms with Crippen LogP contribution < -0.4 is 5.30 Å². The van der Waals surface area contributed by atoms with Gasteiger partial charge in [0.2, 0.25) is 0 Å². The molecule has 1 aromatic carbocycles. The second-order valence-corrected chi connectivity index (χ2v) is 9.42. The molecule has 3 aromatic heterocycles. The Labute approximate surface area is 194 Å². The van der Waals surface area contributed by atoms with Gasteiger partial charge in [-0.25, -0.2) is 18.4 Å². The van der Waals surface area contributed by atoms with Crippen molar-refractivity contribution in [2.75, 3.05) is 6.66 Å². The van der Waals surface area contributed by atoms with Crippen LogP contribution in [0.1, 0.15) is 19.4 Å². The zero-order valence-corrected chi connectivity index (χ0v) is 19.8. The third-order valence-electron chi connectivity index (χ3n) is 4.28. The zero-order chi connectivity index (χ0) is 23.3. The Bertz CT molecular complexity index is 1250. The van der Waals surface area contributed by atoms with Gasteiger partial charge in [0.15, 0.2) is 5.82 Å². The van der Waals surface area contributed by atoms with Crippen LogP contribution in [0.3, 0.4) is 0 Å². The SMILES string of the molecule is CC.CP(=O)(OCl)c1cnc(-c2cc(-c3ccon3)n(Cc3ccccc3F)n2)nc1Cl. The third-order valence-corrected chi connectivity index (χ3v) is 6.96. The summed E-state index contributed by atoms with van der Waals surface area (Å²) in [6, 6.07) is 9.71. The second kappa shape index (κ2) is 10.4. The molecule has 0 aliphatic heterocycles. The van der Waals surface area contributed by atoms with Crippen LogP contribution in [0.5, 0.6) is 0 Å². The van der Waals surface area contributed by atoms with Crippen molar-refractivity contribution in [2.45, 2.75) is 20.4 Å². The van der Waals surface area contributed by atoms with E-state index < -0.39 is 7.37 Å². The van der Waals surface area contributed by atoms with Gasteiger partial charge in [-0.05, 0) is 12.1 Å². The molecule has 0 fully saturated rings. The van der Waals surface area contributed by atoms with Crippen molar-refractivity contribution in [1.82, 2.24) is 24.9 Å². The van der Waals surface area contributed by atoms with Crippen LogP contribution in [0.2, 0.25) is 5.15 Å². The number of aromatic nitrogens is 5. The molecule has 0 bridgehead atoms. The van der Waals surface area contributed by atoms with E-state index in [1.165, 1.54) is 25.2 Å². The summed E-state index contributed by atoms with van der Waals surface area (Å²) in [5, 5.41) is 8.43. The zero-order valence-electron chi connectivity index (χ0n) is 17.4. The predicted molar refractivity (Wildman–Crippen MR) is 121 cm³/mol. The summed E-state index contributed by atoms with van der Waals surface area (Å²) in [4.78, 5) is 8.35. The highest BCUT2D eigenvalue weighted by atomic mass is 35.5. The van der Waals surface area contributed by atoms with E-state index in [9.17, 15) is 8.96 Å². The number of nitrogens with zero attached hydrogens (tertiary/aromatic N) is 5. The quantitative estimate of drug-likeness (QED) is 0.254. The molecule has 4 aromatic rings. The van der Waals surface area contributed by atoms with Crippen LogP contribution in [0, 0.1) is 5.82 Å². The van der Waals surface area contributed by atoms with Crippen molar-refractivity contribution >= 4 is 36.1 Å². The van der Waals surface area contributed by atoms with Crippen molar-refractivity contribution in [3.8, 4) is 22.9 Å². The van der Waals surface area contributed by atoms with Gasteiger partial charge in [-0.15, -0.1) is 0 Å². The molecule has 0 amide bonds. The smallest absolute Gasteiger partial charge is 0.251 e. The van der Waals surface area contributed by atoms with Gasteiger partial charge >= 0.3 is 0 Å². The lowest BCUT2D eigenvalue weighted by molar-refractivity contribution is 0.421. The van der Waals surface area contributed by atoms with Gasteiger partial charge in [0, 0.05) is 24.5 Å². The molecule has 0 aliphatic carbocycles. The van der Waals surface area contributed by atoms with Crippen molar-refractivity contribution in [1.29, 1.82) is 0 Å². The Morgan fingerprint density at radius 2 is 1.97 bits per heavy atom. The van der Waals surface area contributed by atoms with E-state index >= 15 is 0 Å². The number of halogens is 3. The number of rotatable bonds is 6. The summed E-state index contributed by atoms with van der Waals surface area (Å²) in [5.74, 6) is -0.181. The van der Waals surface area contributed by atoms with E-state index in [2.05, 4.69) is 24.3 Å². The average molecular weight is 498 g/mol. The lowest BCUT2D eigenvalue weighted by Crippen LogP contribution is -2.10. The lowest BCUT2D eigenvalue weighted by atomic mass is 10.2. The van der Waals surface area contributed by atoms with Crippen molar-refractivity contribution in [3.63, 3.8) is 0 Å². The highest BCUT2D eigenvalue weighted by molar-refractivity contribution is 7.67. The molecular weight excluding hydrogens is 479 g/mol. The molecule has 1 unspecified atom stereocenters. The van der Waals surface area contributed by atoms with E-state index in [4.69, 9.17) is 28.0 Å². The first kappa shape index (κ1) is 24.1. The highest BCUT2D eigenvalue weighted by Gasteiger charge is 2.25. The summed E-state index contributed by atoms with van der Waals surface area (Å²) in [5.41, 5.74) is 1.87. The molecule has 1 atom stereocenters. The van der Waals surface area contributed by atoms with E-state index in [-0.39, 0.29) is 28.6 Å². The lowest BCUT2D eigenvalue weighted by Gasteiger charge is -2.09. The molecule has 8 nitrogen and oxygen atoms in total. The Morgan fingerprint density at radius 3 is 2.59 bits per heavy atom. The van der Waals surface area contributed by atoms with Crippen LogP contribution in [0.4, 0.5) is 4.39 Å². The van der Waals surface area contributed by atoms with Crippen LogP contribution >= 0.6 is 30.8 Å². The first-order valence-electron chi connectivity index (χ1n) is 9.52. The fourth-order valence-electron chi connectivity index (χ4n) is 2.77. The molecule has 168 valence electrons. The van der Waals surface area contributed by atoms with Gasteiger partial charge in [0.05, 0.1) is 29.4 Å². The normalized spacial score (nSPS) is 12.7. The molecule has 0 N–H and O–H groups in total.